The van der Waals surface area contributed by atoms with Crippen LogP contribution in [0.1, 0.15) is 38.2 Å². The van der Waals surface area contributed by atoms with Crippen molar-refractivity contribution < 1.29 is 0 Å². The van der Waals surface area contributed by atoms with Gasteiger partial charge in [0, 0.05) is 6.54 Å². The van der Waals surface area contributed by atoms with Crippen molar-refractivity contribution in [2.75, 3.05) is 17.6 Å². The molecule has 17 heavy (non-hydrogen) atoms. The molecule has 1 aliphatic carbocycles. The average molecular weight is 233 g/mol. The van der Waals surface area contributed by atoms with E-state index in [9.17, 15) is 0 Å². The molecule has 2 unspecified atom stereocenters. The van der Waals surface area contributed by atoms with Crippen LogP contribution in [-0.2, 0) is 0 Å². The van der Waals surface area contributed by atoms with Crippen molar-refractivity contribution in [1.82, 2.24) is 4.98 Å². The number of aromatic nitrogens is 1. The molecule has 1 fully saturated rings. The lowest BCUT2D eigenvalue weighted by Gasteiger charge is -2.29. The molecule has 1 aromatic rings. The Hall–Kier alpha value is -1.25. The number of nitrogens with two attached hydrogens (primary N) is 1. The summed E-state index contributed by atoms with van der Waals surface area (Å²) in [6, 6.07) is 2.03. The number of nitrogen functional groups attached to an aromatic ring is 1. The predicted molar refractivity (Wildman–Crippen MR) is 73.0 cm³/mol. The number of anilines is 2. The minimum atomic E-state index is 0.765. The standard InChI is InChI=1S/C14H23N3/c1-10-5-3-4-6-12(10)8-16-14-7-11(2)13(15)9-17-14/h7,9-10,12H,3-6,8,15H2,1-2H3,(H,16,17). The number of rotatable bonds is 3. The van der Waals surface area contributed by atoms with Crippen LogP contribution in [0.5, 0.6) is 0 Å². The lowest BCUT2D eigenvalue weighted by molar-refractivity contribution is 0.268. The van der Waals surface area contributed by atoms with Gasteiger partial charge in [-0.3, -0.25) is 0 Å². The highest BCUT2D eigenvalue weighted by Gasteiger charge is 2.20. The van der Waals surface area contributed by atoms with Crippen molar-refractivity contribution in [3.63, 3.8) is 0 Å². The summed E-state index contributed by atoms with van der Waals surface area (Å²) >= 11 is 0. The maximum atomic E-state index is 5.76. The highest BCUT2D eigenvalue weighted by atomic mass is 15.0. The van der Waals surface area contributed by atoms with Crippen molar-refractivity contribution in [2.45, 2.75) is 39.5 Å². The van der Waals surface area contributed by atoms with Crippen molar-refractivity contribution in [2.24, 2.45) is 11.8 Å². The molecule has 3 heteroatoms. The number of nitrogens with one attached hydrogen (secondary N) is 1. The number of hydrogen-bond acceptors (Lipinski definition) is 3. The fraction of sp³-hybridized carbons (Fsp3) is 0.643. The van der Waals surface area contributed by atoms with Gasteiger partial charge < -0.3 is 11.1 Å². The molecule has 3 N–H and O–H groups in total. The van der Waals surface area contributed by atoms with Crippen LogP contribution in [0.15, 0.2) is 12.3 Å². The van der Waals surface area contributed by atoms with E-state index in [0.29, 0.717) is 0 Å². The number of pyridine rings is 1. The maximum absolute atomic E-state index is 5.76. The SMILES string of the molecule is Cc1cc(NCC2CCCCC2C)ncc1N. The Bertz CT molecular complexity index is 376. The molecule has 2 atom stereocenters. The van der Waals surface area contributed by atoms with Crippen LogP contribution in [0.3, 0.4) is 0 Å². The van der Waals surface area contributed by atoms with Gasteiger partial charge in [-0.2, -0.15) is 0 Å². The van der Waals surface area contributed by atoms with E-state index in [4.69, 9.17) is 5.73 Å². The topological polar surface area (TPSA) is 50.9 Å². The Morgan fingerprint density at radius 2 is 2.18 bits per heavy atom. The van der Waals surface area contributed by atoms with Crippen LogP contribution in [0.4, 0.5) is 11.5 Å². The molecule has 1 aromatic heterocycles. The minimum absolute atomic E-state index is 0.765. The molecule has 1 heterocycles. The number of nitrogens with zero attached hydrogens (tertiary/aromatic N) is 1. The molecule has 0 amide bonds. The fourth-order valence-electron chi connectivity index (χ4n) is 2.60. The third-order valence-corrected chi connectivity index (χ3v) is 3.99. The summed E-state index contributed by atoms with van der Waals surface area (Å²) < 4.78 is 0. The summed E-state index contributed by atoms with van der Waals surface area (Å²) in [6.07, 6.45) is 7.24. The molecule has 1 aliphatic rings. The van der Waals surface area contributed by atoms with Crippen LogP contribution in [0, 0.1) is 18.8 Å². The van der Waals surface area contributed by atoms with Crippen molar-refractivity contribution in [3.05, 3.63) is 17.8 Å². The Labute approximate surface area is 104 Å². The molecule has 0 bridgehead atoms. The van der Waals surface area contributed by atoms with Gasteiger partial charge in [0.15, 0.2) is 0 Å². The minimum Gasteiger partial charge on any atom is -0.397 e. The third kappa shape index (κ3) is 3.11. The summed E-state index contributed by atoms with van der Waals surface area (Å²) in [7, 11) is 0. The van der Waals surface area contributed by atoms with E-state index < -0.39 is 0 Å². The maximum Gasteiger partial charge on any atom is 0.126 e. The Kier molecular flexibility index (Phi) is 3.87. The van der Waals surface area contributed by atoms with Gasteiger partial charge in [-0.1, -0.05) is 26.2 Å². The molecular formula is C14H23N3. The molecule has 0 saturated heterocycles. The molecule has 94 valence electrons. The van der Waals surface area contributed by atoms with E-state index >= 15 is 0 Å². The highest BCUT2D eigenvalue weighted by molar-refractivity contribution is 5.50. The van der Waals surface area contributed by atoms with Gasteiger partial charge in [-0.15, -0.1) is 0 Å². The normalized spacial score (nSPS) is 24.6. The zero-order valence-corrected chi connectivity index (χ0v) is 10.9. The van der Waals surface area contributed by atoms with Crippen molar-refractivity contribution in [1.29, 1.82) is 0 Å². The Morgan fingerprint density at radius 3 is 2.88 bits per heavy atom. The van der Waals surface area contributed by atoms with Crippen LogP contribution in [0.25, 0.3) is 0 Å². The second kappa shape index (κ2) is 5.39. The first-order valence-corrected chi connectivity index (χ1v) is 6.63. The quantitative estimate of drug-likeness (QED) is 0.843. The van der Waals surface area contributed by atoms with Gasteiger partial charge in [0.2, 0.25) is 0 Å². The van der Waals surface area contributed by atoms with E-state index in [-0.39, 0.29) is 0 Å². The molecule has 0 spiro atoms. The first-order valence-electron chi connectivity index (χ1n) is 6.63. The summed E-state index contributed by atoms with van der Waals surface area (Å²) in [5.74, 6) is 2.59. The molecule has 1 saturated carbocycles. The lowest BCUT2D eigenvalue weighted by atomic mass is 9.80. The smallest absolute Gasteiger partial charge is 0.126 e. The van der Waals surface area contributed by atoms with Gasteiger partial charge in [0.05, 0.1) is 11.9 Å². The van der Waals surface area contributed by atoms with E-state index in [0.717, 1.165) is 35.4 Å². The van der Waals surface area contributed by atoms with Gasteiger partial charge >= 0.3 is 0 Å². The second-order valence-corrected chi connectivity index (χ2v) is 5.33. The molecule has 3 nitrogen and oxygen atoms in total. The molecular weight excluding hydrogens is 210 g/mol. The first kappa shape index (κ1) is 12.2. The van der Waals surface area contributed by atoms with E-state index in [1.165, 1.54) is 25.7 Å². The summed E-state index contributed by atoms with van der Waals surface area (Å²) in [4.78, 5) is 4.31. The summed E-state index contributed by atoms with van der Waals surface area (Å²) in [5.41, 5.74) is 7.62. The van der Waals surface area contributed by atoms with Gasteiger partial charge in [-0.25, -0.2) is 4.98 Å². The van der Waals surface area contributed by atoms with Gasteiger partial charge in [0.25, 0.3) is 0 Å². The highest BCUT2D eigenvalue weighted by Crippen LogP contribution is 2.29. The average Bonchev–Trinajstić information content (AvgIpc) is 2.32. The van der Waals surface area contributed by atoms with E-state index in [2.05, 4.69) is 17.2 Å². The largest absolute Gasteiger partial charge is 0.397 e. The van der Waals surface area contributed by atoms with Crippen LogP contribution >= 0.6 is 0 Å². The van der Waals surface area contributed by atoms with E-state index in [1.54, 1.807) is 6.20 Å². The van der Waals surface area contributed by atoms with Gasteiger partial charge in [0.1, 0.15) is 5.82 Å². The van der Waals surface area contributed by atoms with E-state index in [1.807, 2.05) is 13.0 Å². The molecule has 0 aromatic carbocycles. The first-order chi connectivity index (χ1) is 8.16. The lowest BCUT2D eigenvalue weighted by Crippen LogP contribution is -2.24. The van der Waals surface area contributed by atoms with Crippen molar-refractivity contribution in [3.8, 4) is 0 Å². The van der Waals surface area contributed by atoms with Gasteiger partial charge in [-0.05, 0) is 36.8 Å². The van der Waals surface area contributed by atoms with Crippen molar-refractivity contribution >= 4 is 11.5 Å². The monoisotopic (exact) mass is 233 g/mol. The zero-order chi connectivity index (χ0) is 12.3. The molecule has 2 rings (SSSR count). The Morgan fingerprint density at radius 1 is 1.41 bits per heavy atom. The summed E-state index contributed by atoms with van der Waals surface area (Å²) in [5, 5.41) is 3.45. The fourth-order valence-corrected chi connectivity index (χ4v) is 2.60. The third-order valence-electron chi connectivity index (χ3n) is 3.99. The molecule has 0 aliphatic heterocycles. The Balaban J connectivity index is 1.90. The predicted octanol–water partition coefficient (Wildman–Crippen LogP) is 3.21. The second-order valence-electron chi connectivity index (χ2n) is 5.33. The number of hydrogen-bond donors (Lipinski definition) is 2. The summed E-state index contributed by atoms with van der Waals surface area (Å²) in [6.45, 7) is 5.43. The van der Waals surface area contributed by atoms with Crippen LogP contribution < -0.4 is 11.1 Å². The van der Waals surface area contributed by atoms with Crippen LogP contribution in [0.2, 0.25) is 0 Å². The number of aryl methyl sites for hydroxylation is 1. The molecule has 0 radical (unpaired) electrons. The zero-order valence-electron chi connectivity index (χ0n) is 10.9. The van der Waals surface area contributed by atoms with Crippen LogP contribution in [-0.4, -0.2) is 11.5 Å².